The SMILES string of the molecule is CN=C(NCC1C2Cc3ccccc3C12)N1CC2CCCCC2C1. The van der Waals surface area contributed by atoms with Crippen molar-refractivity contribution in [2.75, 3.05) is 26.7 Å². The number of nitrogens with one attached hydrogen (secondary N) is 1. The molecule has 0 spiro atoms. The molecule has 3 heteroatoms. The lowest BCUT2D eigenvalue weighted by Crippen LogP contribution is -2.41. The summed E-state index contributed by atoms with van der Waals surface area (Å²) in [7, 11) is 1.95. The van der Waals surface area contributed by atoms with Crippen molar-refractivity contribution in [3.63, 3.8) is 0 Å². The number of hydrogen-bond acceptors (Lipinski definition) is 1. The fourth-order valence-electron chi connectivity index (χ4n) is 5.88. The number of fused-ring (bicyclic) bond motifs is 4. The highest BCUT2D eigenvalue weighted by Gasteiger charge is 2.55. The van der Waals surface area contributed by atoms with E-state index < -0.39 is 0 Å². The Kier molecular flexibility index (Phi) is 3.57. The van der Waals surface area contributed by atoms with Crippen LogP contribution in [0.4, 0.5) is 0 Å². The van der Waals surface area contributed by atoms with E-state index in [1.54, 1.807) is 11.1 Å². The second-order valence-corrected chi connectivity index (χ2v) is 8.39. The van der Waals surface area contributed by atoms with Crippen LogP contribution in [-0.4, -0.2) is 37.5 Å². The summed E-state index contributed by atoms with van der Waals surface area (Å²) in [6, 6.07) is 9.05. The van der Waals surface area contributed by atoms with Gasteiger partial charge in [-0.2, -0.15) is 0 Å². The zero-order chi connectivity index (χ0) is 16.1. The molecule has 5 unspecified atom stereocenters. The summed E-state index contributed by atoms with van der Waals surface area (Å²) in [6.07, 6.45) is 7.03. The van der Waals surface area contributed by atoms with Gasteiger partial charge in [-0.05, 0) is 60.0 Å². The molecule has 1 aromatic rings. The second-order valence-electron chi connectivity index (χ2n) is 8.39. The van der Waals surface area contributed by atoms with Crippen molar-refractivity contribution in [1.29, 1.82) is 0 Å². The van der Waals surface area contributed by atoms with Crippen molar-refractivity contribution in [3.05, 3.63) is 35.4 Å². The number of benzene rings is 1. The Hall–Kier alpha value is -1.51. The molecule has 3 aliphatic carbocycles. The quantitative estimate of drug-likeness (QED) is 0.668. The minimum atomic E-state index is 0.813. The van der Waals surface area contributed by atoms with Gasteiger partial charge in [-0.1, -0.05) is 37.1 Å². The van der Waals surface area contributed by atoms with Crippen LogP contribution in [0.5, 0.6) is 0 Å². The lowest BCUT2D eigenvalue weighted by atomic mass is 9.82. The number of nitrogens with zero attached hydrogens (tertiary/aromatic N) is 2. The molecule has 1 heterocycles. The monoisotopic (exact) mass is 323 g/mol. The van der Waals surface area contributed by atoms with Crippen LogP contribution in [0.3, 0.4) is 0 Å². The van der Waals surface area contributed by atoms with E-state index in [9.17, 15) is 0 Å². The average Bonchev–Trinajstić information content (AvgIpc) is 2.97. The molecule has 1 N–H and O–H groups in total. The normalized spacial score (nSPS) is 37.0. The van der Waals surface area contributed by atoms with Crippen molar-refractivity contribution >= 4 is 5.96 Å². The highest BCUT2D eigenvalue weighted by atomic mass is 15.3. The Bertz CT molecular complexity index is 638. The summed E-state index contributed by atoms with van der Waals surface area (Å²) in [4.78, 5) is 7.13. The van der Waals surface area contributed by atoms with Gasteiger partial charge in [-0.15, -0.1) is 0 Å². The van der Waals surface area contributed by atoms with Crippen LogP contribution in [0.1, 0.15) is 42.7 Å². The lowest BCUT2D eigenvalue weighted by molar-refractivity contribution is 0.299. The first-order valence-corrected chi connectivity index (χ1v) is 9.88. The molecule has 0 aromatic heterocycles. The smallest absolute Gasteiger partial charge is 0.193 e. The van der Waals surface area contributed by atoms with E-state index in [0.717, 1.165) is 42.1 Å². The average molecular weight is 323 g/mol. The zero-order valence-electron chi connectivity index (χ0n) is 14.7. The van der Waals surface area contributed by atoms with Crippen LogP contribution in [0, 0.1) is 23.7 Å². The van der Waals surface area contributed by atoms with Gasteiger partial charge < -0.3 is 10.2 Å². The first kappa shape index (κ1) is 14.8. The largest absolute Gasteiger partial charge is 0.356 e. The predicted octanol–water partition coefficient (Wildman–Crippen LogP) is 3.27. The molecule has 0 amide bonds. The Balaban J connectivity index is 1.19. The van der Waals surface area contributed by atoms with Gasteiger partial charge in [0.2, 0.25) is 0 Å². The van der Waals surface area contributed by atoms with E-state index in [-0.39, 0.29) is 0 Å². The van der Waals surface area contributed by atoms with E-state index in [1.807, 2.05) is 7.05 Å². The summed E-state index contributed by atoms with van der Waals surface area (Å²) in [5, 5.41) is 3.72. The molecule has 24 heavy (non-hydrogen) atoms. The topological polar surface area (TPSA) is 27.6 Å². The number of likely N-dealkylation sites (tertiary alicyclic amines) is 1. The molecule has 4 aliphatic rings. The van der Waals surface area contributed by atoms with Crippen molar-refractivity contribution in [1.82, 2.24) is 10.2 Å². The highest BCUT2D eigenvalue weighted by molar-refractivity contribution is 5.80. The van der Waals surface area contributed by atoms with Gasteiger partial charge in [-0.3, -0.25) is 4.99 Å². The van der Waals surface area contributed by atoms with E-state index in [0.29, 0.717) is 0 Å². The van der Waals surface area contributed by atoms with E-state index in [4.69, 9.17) is 0 Å². The molecule has 3 fully saturated rings. The summed E-state index contributed by atoms with van der Waals surface area (Å²) >= 11 is 0. The van der Waals surface area contributed by atoms with E-state index in [2.05, 4.69) is 39.5 Å². The maximum Gasteiger partial charge on any atom is 0.193 e. The standard InChI is InChI=1S/C21H29N3/c1-22-21(24-12-15-7-2-3-8-16(15)13-24)23-11-19-18-10-14-6-4-5-9-17(14)20(18)19/h4-6,9,15-16,18-20H,2-3,7-8,10-13H2,1H3,(H,22,23). The maximum absolute atomic E-state index is 4.60. The third-order valence-corrected chi connectivity index (χ3v) is 7.18. The Morgan fingerprint density at radius 2 is 1.92 bits per heavy atom. The van der Waals surface area contributed by atoms with Gasteiger partial charge in [0.15, 0.2) is 5.96 Å². The fourth-order valence-corrected chi connectivity index (χ4v) is 5.88. The summed E-state index contributed by atoms with van der Waals surface area (Å²) in [6.45, 7) is 3.55. The molecule has 128 valence electrons. The van der Waals surface area contributed by atoms with Gasteiger partial charge in [0, 0.05) is 26.7 Å². The highest BCUT2D eigenvalue weighted by Crippen LogP contribution is 2.60. The van der Waals surface area contributed by atoms with Crippen LogP contribution in [0.2, 0.25) is 0 Å². The summed E-state index contributed by atoms with van der Waals surface area (Å²) in [5.74, 6) is 5.51. The van der Waals surface area contributed by atoms with Gasteiger partial charge in [0.1, 0.15) is 0 Å². The lowest BCUT2D eigenvalue weighted by Gasteiger charge is -2.22. The molecule has 3 nitrogen and oxygen atoms in total. The van der Waals surface area contributed by atoms with Crippen molar-refractivity contribution in [3.8, 4) is 0 Å². The molecule has 1 aliphatic heterocycles. The molecule has 5 rings (SSSR count). The Morgan fingerprint density at radius 1 is 1.17 bits per heavy atom. The van der Waals surface area contributed by atoms with Crippen LogP contribution in [0.15, 0.2) is 29.3 Å². The number of hydrogen-bond donors (Lipinski definition) is 1. The van der Waals surface area contributed by atoms with Crippen LogP contribution in [0.25, 0.3) is 0 Å². The third-order valence-electron chi connectivity index (χ3n) is 7.18. The van der Waals surface area contributed by atoms with Gasteiger partial charge in [-0.25, -0.2) is 0 Å². The Morgan fingerprint density at radius 3 is 2.67 bits per heavy atom. The first-order valence-electron chi connectivity index (χ1n) is 9.88. The molecule has 1 saturated heterocycles. The zero-order valence-corrected chi connectivity index (χ0v) is 14.7. The predicted molar refractivity (Wildman–Crippen MR) is 98.2 cm³/mol. The van der Waals surface area contributed by atoms with Crippen molar-refractivity contribution in [2.45, 2.75) is 38.0 Å². The van der Waals surface area contributed by atoms with E-state index >= 15 is 0 Å². The number of aliphatic imine (C=N–C) groups is 1. The first-order chi connectivity index (χ1) is 11.8. The van der Waals surface area contributed by atoms with E-state index in [1.165, 1.54) is 45.2 Å². The molecular formula is C21H29N3. The summed E-state index contributed by atoms with van der Waals surface area (Å²) in [5.41, 5.74) is 3.22. The Labute approximate surface area is 145 Å². The maximum atomic E-state index is 4.60. The molecular weight excluding hydrogens is 294 g/mol. The van der Waals surface area contributed by atoms with Crippen LogP contribution >= 0.6 is 0 Å². The van der Waals surface area contributed by atoms with Crippen LogP contribution < -0.4 is 5.32 Å². The molecule has 0 bridgehead atoms. The van der Waals surface area contributed by atoms with Gasteiger partial charge in [0.25, 0.3) is 0 Å². The second kappa shape index (κ2) is 5.79. The van der Waals surface area contributed by atoms with Gasteiger partial charge in [0.05, 0.1) is 0 Å². The minimum Gasteiger partial charge on any atom is -0.356 e. The third kappa shape index (κ3) is 2.35. The molecule has 1 aromatic carbocycles. The number of rotatable bonds is 2. The molecule has 2 saturated carbocycles. The van der Waals surface area contributed by atoms with Gasteiger partial charge >= 0.3 is 0 Å². The van der Waals surface area contributed by atoms with Crippen molar-refractivity contribution in [2.24, 2.45) is 28.7 Å². The molecule has 5 atom stereocenters. The fraction of sp³-hybridized carbons (Fsp3) is 0.667. The molecule has 0 radical (unpaired) electrons. The minimum absolute atomic E-state index is 0.813. The number of guanidine groups is 1. The van der Waals surface area contributed by atoms with Crippen LogP contribution in [-0.2, 0) is 6.42 Å². The summed E-state index contributed by atoms with van der Waals surface area (Å²) < 4.78 is 0. The van der Waals surface area contributed by atoms with Crippen molar-refractivity contribution < 1.29 is 0 Å².